The second kappa shape index (κ2) is 12.6. The van der Waals surface area contributed by atoms with E-state index in [9.17, 15) is 18.0 Å². The van der Waals surface area contributed by atoms with E-state index >= 15 is 0 Å². The van der Waals surface area contributed by atoms with Crippen LogP contribution in [-0.2, 0) is 6.18 Å². The van der Waals surface area contributed by atoms with E-state index < -0.39 is 17.8 Å². The molecule has 0 atom stereocenters. The molecule has 1 aliphatic heterocycles. The Kier molecular flexibility index (Phi) is 8.33. The normalized spacial score (nSPS) is 13.6. The summed E-state index contributed by atoms with van der Waals surface area (Å²) in [5.41, 5.74) is 2.54. The summed E-state index contributed by atoms with van der Waals surface area (Å²) in [5.74, 6) is 1.21. The number of benzene rings is 3. The number of hydrogen-bond donors (Lipinski definition) is 3. The van der Waals surface area contributed by atoms with E-state index in [1.807, 2.05) is 48.5 Å². The van der Waals surface area contributed by atoms with Gasteiger partial charge in [0.05, 0.1) is 11.3 Å². The first kappa shape index (κ1) is 29.0. The van der Waals surface area contributed by atoms with Crippen molar-refractivity contribution in [1.82, 2.24) is 19.5 Å². The Balaban J connectivity index is 1.11. The second-order valence-corrected chi connectivity index (χ2v) is 10.4. The highest BCUT2D eigenvalue weighted by Gasteiger charge is 2.30. The van der Waals surface area contributed by atoms with Crippen LogP contribution in [0.2, 0.25) is 0 Å². The number of carbonyl (C=O) groups is 1. The van der Waals surface area contributed by atoms with Crippen molar-refractivity contribution in [1.29, 1.82) is 0 Å². The third-order valence-corrected chi connectivity index (χ3v) is 7.21. The minimum Gasteiger partial charge on any atom is -0.492 e. The summed E-state index contributed by atoms with van der Waals surface area (Å²) in [6, 6.07) is 24.1. The van der Waals surface area contributed by atoms with E-state index in [1.165, 1.54) is 25.0 Å². The summed E-state index contributed by atoms with van der Waals surface area (Å²) >= 11 is 0. The Labute approximate surface area is 251 Å². The lowest BCUT2D eigenvalue weighted by Gasteiger charge is -2.15. The molecule has 1 saturated heterocycles. The number of halogens is 3. The molecule has 0 unspecified atom stereocenters. The number of ether oxygens (including phenoxy) is 1. The maximum atomic E-state index is 13.0. The smallest absolute Gasteiger partial charge is 0.416 e. The SMILES string of the molecule is O=C(Nc1cccc(-c2cccc3nc(Nc4ccc(OCCN5CCCC5)cc4)nn23)c1)Nc1cccc(C(F)(F)F)c1. The molecule has 2 aromatic heterocycles. The number of urea groups is 1. The molecule has 226 valence electrons. The summed E-state index contributed by atoms with van der Waals surface area (Å²) < 4.78 is 46.7. The van der Waals surface area contributed by atoms with Gasteiger partial charge in [-0.15, -0.1) is 5.10 Å². The van der Waals surface area contributed by atoms with Gasteiger partial charge >= 0.3 is 12.2 Å². The molecular weight excluding hydrogens is 571 g/mol. The molecule has 1 aliphatic rings. The van der Waals surface area contributed by atoms with Crippen molar-refractivity contribution in [2.24, 2.45) is 0 Å². The molecule has 5 aromatic rings. The summed E-state index contributed by atoms with van der Waals surface area (Å²) in [7, 11) is 0. The molecular formula is C32H30F3N7O2. The zero-order chi connectivity index (χ0) is 30.5. The lowest BCUT2D eigenvalue weighted by Crippen LogP contribution is -2.25. The minimum absolute atomic E-state index is 0.0283. The van der Waals surface area contributed by atoms with Gasteiger partial charge in [-0.25, -0.2) is 9.31 Å². The zero-order valence-electron chi connectivity index (χ0n) is 23.6. The lowest BCUT2D eigenvalue weighted by molar-refractivity contribution is -0.137. The van der Waals surface area contributed by atoms with Gasteiger partial charge < -0.3 is 20.7 Å². The summed E-state index contributed by atoms with van der Waals surface area (Å²) in [4.78, 5) is 19.6. The number of nitrogens with zero attached hydrogens (tertiary/aromatic N) is 4. The number of amides is 2. The van der Waals surface area contributed by atoms with Crippen LogP contribution in [0, 0.1) is 0 Å². The van der Waals surface area contributed by atoms with Gasteiger partial charge in [-0.3, -0.25) is 4.90 Å². The molecule has 9 nitrogen and oxygen atoms in total. The highest BCUT2D eigenvalue weighted by Crippen LogP contribution is 2.31. The van der Waals surface area contributed by atoms with Gasteiger partial charge in [0.2, 0.25) is 5.95 Å². The summed E-state index contributed by atoms with van der Waals surface area (Å²) in [6.07, 6.45) is -1.99. The summed E-state index contributed by atoms with van der Waals surface area (Å²) in [5, 5.41) is 13.0. The first-order chi connectivity index (χ1) is 21.3. The Hall–Kier alpha value is -5.10. The number of nitrogens with one attached hydrogen (secondary N) is 3. The van der Waals surface area contributed by atoms with Crippen LogP contribution in [0.5, 0.6) is 5.75 Å². The molecule has 0 aliphatic carbocycles. The number of pyridine rings is 1. The van der Waals surface area contributed by atoms with E-state index in [-0.39, 0.29) is 5.69 Å². The van der Waals surface area contributed by atoms with Gasteiger partial charge in [0.1, 0.15) is 12.4 Å². The van der Waals surface area contributed by atoms with Gasteiger partial charge in [-0.05, 0) is 92.7 Å². The Morgan fingerprint density at radius 1 is 0.841 bits per heavy atom. The second-order valence-electron chi connectivity index (χ2n) is 10.4. The molecule has 0 saturated carbocycles. The number of alkyl halides is 3. The van der Waals surface area contributed by atoms with E-state index in [4.69, 9.17) is 4.74 Å². The maximum Gasteiger partial charge on any atom is 0.416 e. The van der Waals surface area contributed by atoms with Crippen LogP contribution in [-0.4, -0.2) is 51.8 Å². The predicted molar refractivity (Wildman–Crippen MR) is 163 cm³/mol. The van der Waals surface area contributed by atoms with Crippen LogP contribution in [0.4, 0.5) is 41.0 Å². The van der Waals surface area contributed by atoms with Crippen LogP contribution >= 0.6 is 0 Å². The molecule has 1 fully saturated rings. The Morgan fingerprint density at radius 2 is 1.55 bits per heavy atom. The third-order valence-electron chi connectivity index (χ3n) is 7.21. The van der Waals surface area contributed by atoms with Crippen molar-refractivity contribution in [3.05, 3.63) is 96.6 Å². The van der Waals surface area contributed by atoms with Crippen LogP contribution in [0.15, 0.2) is 91.0 Å². The van der Waals surface area contributed by atoms with Crippen LogP contribution in [0.25, 0.3) is 16.9 Å². The number of aromatic nitrogens is 3. The van der Waals surface area contributed by atoms with Crippen LogP contribution < -0.4 is 20.7 Å². The highest BCUT2D eigenvalue weighted by atomic mass is 19.4. The topological polar surface area (TPSA) is 95.8 Å². The zero-order valence-corrected chi connectivity index (χ0v) is 23.6. The van der Waals surface area contributed by atoms with Crippen molar-refractivity contribution in [3.63, 3.8) is 0 Å². The minimum atomic E-state index is -4.51. The first-order valence-corrected chi connectivity index (χ1v) is 14.2. The first-order valence-electron chi connectivity index (χ1n) is 14.2. The van der Waals surface area contributed by atoms with E-state index in [2.05, 4.69) is 30.9 Å². The van der Waals surface area contributed by atoms with Gasteiger partial charge in [-0.2, -0.15) is 18.2 Å². The number of carbonyl (C=O) groups excluding carboxylic acids is 1. The fourth-order valence-electron chi connectivity index (χ4n) is 5.06. The molecule has 0 spiro atoms. The maximum absolute atomic E-state index is 13.0. The quantitative estimate of drug-likeness (QED) is 0.164. The highest BCUT2D eigenvalue weighted by molar-refractivity contribution is 6.00. The Morgan fingerprint density at radius 3 is 2.30 bits per heavy atom. The van der Waals surface area contributed by atoms with E-state index in [0.717, 1.165) is 54.5 Å². The van der Waals surface area contributed by atoms with Gasteiger partial charge in [0.15, 0.2) is 5.65 Å². The van der Waals surface area contributed by atoms with Crippen molar-refractivity contribution in [2.45, 2.75) is 19.0 Å². The molecule has 0 radical (unpaired) electrons. The Bertz CT molecular complexity index is 1750. The fraction of sp³-hybridized carbons (Fsp3) is 0.219. The third kappa shape index (κ3) is 7.09. The van der Waals surface area contributed by atoms with Gasteiger partial charge in [0, 0.05) is 29.2 Å². The average Bonchev–Trinajstić information content (AvgIpc) is 3.67. The molecule has 12 heteroatoms. The molecule has 44 heavy (non-hydrogen) atoms. The van der Waals surface area contributed by atoms with Gasteiger partial charge in [-0.1, -0.05) is 24.3 Å². The largest absolute Gasteiger partial charge is 0.492 e. The van der Waals surface area contributed by atoms with Crippen molar-refractivity contribution in [2.75, 3.05) is 42.2 Å². The van der Waals surface area contributed by atoms with Crippen molar-refractivity contribution in [3.8, 4) is 17.0 Å². The number of hydrogen-bond acceptors (Lipinski definition) is 6. The molecule has 3 N–H and O–H groups in total. The number of fused-ring (bicyclic) bond motifs is 1. The molecule has 3 heterocycles. The molecule has 6 rings (SSSR count). The number of rotatable bonds is 9. The van der Waals surface area contributed by atoms with E-state index in [0.29, 0.717) is 23.9 Å². The fourth-order valence-corrected chi connectivity index (χ4v) is 5.06. The van der Waals surface area contributed by atoms with Crippen molar-refractivity contribution >= 4 is 34.7 Å². The van der Waals surface area contributed by atoms with Gasteiger partial charge in [0.25, 0.3) is 0 Å². The predicted octanol–water partition coefficient (Wildman–Crippen LogP) is 7.28. The summed E-state index contributed by atoms with van der Waals surface area (Å²) in [6.45, 7) is 3.87. The van der Waals surface area contributed by atoms with Crippen LogP contribution in [0.1, 0.15) is 18.4 Å². The molecule has 3 aromatic carbocycles. The van der Waals surface area contributed by atoms with Crippen LogP contribution in [0.3, 0.4) is 0 Å². The monoisotopic (exact) mass is 601 g/mol. The molecule has 0 bridgehead atoms. The van der Waals surface area contributed by atoms with Crippen molar-refractivity contribution < 1.29 is 22.7 Å². The number of likely N-dealkylation sites (tertiary alicyclic amines) is 1. The average molecular weight is 602 g/mol. The molecule has 2 amide bonds. The standard InChI is InChI=1S/C32H30F3N7O2/c33-32(34,35)23-7-4-9-26(21-23)38-31(43)37-25-8-3-6-22(20-25)28-10-5-11-29-39-30(40-42(28)29)36-24-12-14-27(15-13-24)44-19-18-41-16-1-2-17-41/h3-15,20-21H,1-2,16-19H2,(H,36,40)(H2,37,38,43). The number of anilines is 4. The lowest BCUT2D eigenvalue weighted by atomic mass is 10.1. The van der Waals surface area contributed by atoms with E-state index in [1.54, 1.807) is 22.7 Å².